The average Bonchev–Trinajstić information content (AvgIpc) is 2.85. The molecule has 0 radical (unpaired) electrons. The number of hydrogen-bond acceptors (Lipinski definition) is 5. The van der Waals surface area contributed by atoms with Crippen LogP contribution in [0.25, 0.3) is 0 Å². The SMILES string of the molecule is C=C(C)C(=O)OCC(=CS(=O)(=O)OS(c1ccccc1)(c1ccccc1)c1ccccc1)S(F)(F)(F)(F)F. The van der Waals surface area contributed by atoms with E-state index in [2.05, 4.69) is 11.3 Å². The largest absolute Gasteiger partial charge is 0.457 e. The molecule has 0 aliphatic rings. The molecule has 0 atom stereocenters. The average molecular weight is 595 g/mol. The third-order valence-electron chi connectivity index (χ3n) is 4.89. The fourth-order valence-corrected chi connectivity index (χ4v) is 9.61. The van der Waals surface area contributed by atoms with Gasteiger partial charge in [-0.3, -0.25) is 0 Å². The maximum Gasteiger partial charge on any atom is 0.333 e. The highest BCUT2D eigenvalue weighted by Gasteiger charge is 2.68. The van der Waals surface area contributed by atoms with Gasteiger partial charge in [-0.2, -0.15) is 8.42 Å². The van der Waals surface area contributed by atoms with Crippen molar-refractivity contribution in [1.82, 2.24) is 0 Å². The number of benzene rings is 3. The van der Waals surface area contributed by atoms with Gasteiger partial charge in [-0.1, -0.05) is 80.6 Å². The number of carbonyl (C=O) groups is 1. The minimum Gasteiger partial charge on any atom is -0.457 e. The molecule has 3 rings (SSSR count). The van der Waals surface area contributed by atoms with Crippen LogP contribution in [-0.4, -0.2) is 21.0 Å². The highest BCUT2D eigenvalue weighted by molar-refractivity contribution is 8.49. The fraction of sp³-hybridized carbons (Fsp3) is 0.0800. The molecular formula is C25H23F5O5S3. The molecule has 3 aromatic carbocycles. The summed E-state index contributed by atoms with van der Waals surface area (Å²) in [5.41, 5.74) is -0.369. The zero-order valence-electron chi connectivity index (χ0n) is 19.8. The summed E-state index contributed by atoms with van der Waals surface area (Å²) < 4.78 is 106. The normalized spacial score (nSPS) is 15.2. The van der Waals surface area contributed by atoms with E-state index < -0.39 is 53.5 Å². The molecule has 0 N–H and O–H groups in total. The molecule has 0 bridgehead atoms. The second-order valence-electron chi connectivity index (χ2n) is 7.97. The van der Waals surface area contributed by atoms with Crippen LogP contribution in [0.2, 0.25) is 0 Å². The molecule has 0 saturated heterocycles. The molecule has 0 aromatic heterocycles. The van der Waals surface area contributed by atoms with Crippen LogP contribution in [-0.2, 0) is 23.3 Å². The highest BCUT2D eigenvalue weighted by atomic mass is 32.5. The van der Waals surface area contributed by atoms with E-state index in [1.54, 1.807) is 54.6 Å². The van der Waals surface area contributed by atoms with E-state index in [9.17, 15) is 32.6 Å². The Morgan fingerprint density at radius 2 is 1.16 bits per heavy atom. The first kappa shape index (κ1) is 29.4. The smallest absolute Gasteiger partial charge is 0.333 e. The molecule has 0 unspecified atom stereocenters. The zero-order chi connectivity index (χ0) is 28.3. The molecule has 0 saturated carbocycles. The summed E-state index contributed by atoms with van der Waals surface area (Å²) >= 11 is 0. The summed E-state index contributed by atoms with van der Waals surface area (Å²) in [6.45, 7) is 2.19. The van der Waals surface area contributed by atoms with Crippen LogP contribution < -0.4 is 0 Å². The van der Waals surface area contributed by atoms with Gasteiger partial charge >= 0.3 is 26.3 Å². The Hall–Kier alpha value is -3.13. The summed E-state index contributed by atoms with van der Waals surface area (Å²) in [5, 5.41) is -0.711. The summed E-state index contributed by atoms with van der Waals surface area (Å²) in [7, 11) is -19.5. The van der Waals surface area contributed by atoms with Crippen LogP contribution in [0, 0.1) is 0 Å². The van der Waals surface area contributed by atoms with E-state index >= 15 is 0 Å². The summed E-state index contributed by atoms with van der Waals surface area (Å²) in [6, 6.07) is 23.5. The van der Waals surface area contributed by atoms with Crippen LogP contribution in [0.3, 0.4) is 0 Å². The van der Waals surface area contributed by atoms with Gasteiger partial charge in [-0.25, -0.2) is 8.42 Å². The van der Waals surface area contributed by atoms with Gasteiger partial charge in [0, 0.05) is 20.3 Å². The molecule has 5 nitrogen and oxygen atoms in total. The monoisotopic (exact) mass is 594 g/mol. The molecule has 0 heterocycles. The molecule has 206 valence electrons. The Kier molecular flexibility index (Phi) is 7.65. The lowest BCUT2D eigenvalue weighted by molar-refractivity contribution is -0.137. The Balaban J connectivity index is 2.27. The third kappa shape index (κ3) is 7.04. The van der Waals surface area contributed by atoms with Crippen LogP contribution in [0.1, 0.15) is 6.92 Å². The number of rotatable bonds is 10. The van der Waals surface area contributed by atoms with E-state index in [1.807, 2.05) is 0 Å². The lowest BCUT2D eigenvalue weighted by Crippen LogP contribution is -2.20. The first-order valence-corrected chi connectivity index (χ1v) is 15.6. The second kappa shape index (κ2) is 9.88. The number of ether oxygens (including phenoxy) is 1. The zero-order valence-corrected chi connectivity index (χ0v) is 22.3. The van der Waals surface area contributed by atoms with E-state index in [4.69, 9.17) is 3.63 Å². The highest BCUT2D eigenvalue weighted by Crippen LogP contribution is 3.02. The molecule has 13 heteroatoms. The van der Waals surface area contributed by atoms with Crippen LogP contribution >= 0.6 is 20.5 Å². The van der Waals surface area contributed by atoms with E-state index in [0.29, 0.717) is 0 Å². The summed E-state index contributed by atoms with van der Waals surface area (Å²) in [4.78, 5) is 9.59. The first-order chi connectivity index (χ1) is 17.4. The Labute approximate surface area is 219 Å². The van der Waals surface area contributed by atoms with Gasteiger partial charge < -0.3 is 4.74 Å². The Morgan fingerprint density at radius 3 is 1.47 bits per heavy atom. The van der Waals surface area contributed by atoms with E-state index in [0.717, 1.165) is 6.92 Å². The molecule has 0 amide bonds. The predicted molar refractivity (Wildman–Crippen MR) is 139 cm³/mol. The number of hydrogen-bond donors (Lipinski definition) is 0. The summed E-state index contributed by atoms with van der Waals surface area (Å²) in [5.74, 6) is -1.41. The van der Waals surface area contributed by atoms with Crippen molar-refractivity contribution in [3.8, 4) is 0 Å². The number of esters is 1. The minimum absolute atomic E-state index is 0.275. The van der Waals surface area contributed by atoms with Crippen LogP contribution in [0.15, 0.2) is 128 Å². The van der Waals surface area contributed by atoms with E-state index in [-0.39, 0.29) is 20.3 Å². The predicted octanol–water partition coefficient (Wildman–Crippen LogP) is 8.49. The third-order valence-corrected chi connectivity index (χ3v) is 11.2. The van der Waals surface area contributed by atoms with Crippen molar-refractivity contribution in [2.24, 2.45) is 0 Å². The minimum atomic E-state index is -10.6. The van der Waals surface area contributed by atoms with Gasteiger partial charge in [-0.15, -0.1) is 0 Å². The Bertz CT molecular complexity index is 1360. The lowest BCUT2D eigenvalue weighted by Gasteiger charge is -2.42. The molecule has 0 aliphatic heterocycles. The van der Waals surface area contributed by atoms with Gasteiger partial charge in [0.05, 0.1) is 5.41 Å². The van der Waals surface area contributed by atoms with Gasteiger partial charge in [0.1, 0.15) is 11.5 Å². The van der Waals surface area contributed by atoms with Crippen LogP contribution in [0.4, 0.5) is 19.4 Å². The van der Waals surface area contributed by atoms with E-state index in [1.165, 1.54) is 36.4 Å². The van der Waals surface area contributed by atoms with Crippen molar-refractivity contribution < 1.29 is 41.0 Å². The maximum absolute atomic E-state index is 13.9. The molecule has 38 heavy (non-hydrogen) atoms. The van der Waals surface area contributed by atoms with Gasteiger partial charge in [-0.05, 0) is 53.6 Å². The quantitative estimate of drug-likeness (QED) is 0.134. The van der Waals surface area contributed by atoms with Gasteiger partial charge in [0.2, 0.25) is 0 Å². The lowest BCUT2D eigenvalue weighted by atomic mass is 10.4. The van der Waals surface area contributed by atoms with Crippen molar-refractivity contribution >= 4 is 36.6 Å². The maximum atomic E-state index is 13.9. The summed E-state index contributed by atoms with van der Waals surface area (Å²) in [6.07, 6.45) is 0. The van der Waals surface area contributed by atoms with Crippen molar-refractivity contribution in [3.63, 3.8) is 0 Å². The standard InChI is InChI=1S/C25H23F5O5S3/c1-20(2)25(31)34-18-24(38(26,27,28,29)30)19-36(32,33)35-37(21-12-6-3-7-13-21,22-14-8-4-9-15-22)23-16-10-5-11-17-23/h3-17,19H,1,18H2,2H3. The van der Waals surface area contributed by atoms with Gasteiger partial charge in [0.25, 0.3) is 0 Å². The van der Waals surface area contributed by atoms with Gasteiger partial charge in [0.15, 0.2) is 0 Å². The van der Waals surface area contributed by atoms with Crippen molar-refractivity contribution in [1.29, 1.82) is 0 Å². The topological polar surface area (TPSA) is 69.7 Å². The molecular weight excluding hydrogens is 571 g/mol. The molecule has 3 aromatic rings. The van der Waals surface area contributed by atoms with Crippen LogP contribution in [0.5, 0.6) is 0 Å². The van der Waals surface area contributed by atoms with Crippen molar-refractivity contribution in [3.05, 3.63) is 113 Å². The molecule has 0 aliphatic carbocycles. The number of carbonyl (C=O) groups excluding carboxylic acids is 1. The first-order valence-electron chi connectivity index (χ1n) is 10.7. The fourth-order valence-electron chi connectivity index (χ4n) is 3.18. The van der Waals surface area contributed by atoms with Crippen molar-refractivity contribution in [2.45, 2.75) is 21.6 Å². The van der Waals surface area contributed by atoms with Crippen molar-refractivity contribution in [2.75, 3.05) is 6.61 Å². The Morgan fingerprint density at radius 1 is 0.789 bits per heavy atom. The second-order valence-corrected chi connectivity index (χ2v) is 14.7. The molecule has 0 spiro atoms. The molecule has 0 fully saturated rings. The number of halogens is 5.